The number of hydrogen-bond acceptors (Lipinski definition) is 6. The topological polar surface area (TPSA) is 181 Å². The Kier molecular flexibility index (Phi) is 6.80. The summed E-state index contributed by atoms with van der Waals surface area (Å²) < 4.78 is 0. The summed E-state index contributed by atoms with van der Waals surface area (Å²) in [6.45, 7) is 1.33. The molecule has 0 aliphatic heterocycles. The summed E-state index contributed by atoms with van der Waals surface area (Å²) in [5.74, 6) is -7.65. The molecule has 114 valence electrons. The third-order valence-electron chi connectivity index (χ3n) is 2.84. The van der Waals surface area contributed by atoms with E-state index in [1.807, 2.05) is 0 Å². The Balaban J connectivity index is 4.84. The maximum Gasteiger partial charge on any atom is 0.320 e. The zero-order valence-electron chi connectivity index (χ0n) is 10.9. The van der Waals surface area contributed by atoms with Crippen molar-refractivity contribution < 1.29 is 34.5 Å². The lowest BCUT2D eigenvalue weighted by atomic mass is 9.88. The predicted molar refractivity (Wildman–Crippen MR) is 65.8 cm³/mol. The molecule has 0 aromatic heterocycles. The van der Waals surface area contributed by atoms with E-state index in [1.54, 1.807) is 0 Å². The van der Waals surface area contributed by atoms with Gasteiger partial charge in [-0.3, -0.25) is 19.2 Å². The number of carbonyl (C=O) groups excluding carboxylic acids is 1. The molecule has 9 heteroatoms. The molecule has 0 spiro atoms. The van der Waals surface area contributed by atoms with Crippen LogP contribution in [0, 0.1) is 11.8 Å². The molecule has 9 nitrogen and oxygen atoms in total. The standard InChI is InChI=1S/C11H18N2O7/c1-4(9(15)16)2-6(12)8(14)5(10(17)18)3-7(13)11(19)20/h4-7H,2-3,12-13H2,1H3,(H,15,16)(H,17,18)(H,19,20)/t4?,5?,6-,7-/m0/s1. The fourth-order valence-corrected chi connectivity index (χ4v) is 1.55. The molecule has 4 atom stereocenters. The molecule has 0 fully saturated rings. The highest BCUT2D eigenvalue weighted by molar-refractivity contribution is 6.01. The normalized spacial score (nSPS) is 16.8. The minimum absolute atomic E-state index is 0.236. The summed E-state index contributed by atoms with van der Waals surface area (Å²) >= 11 is 0. The van der Waals surface area contributed by atoms with E-state index in [-0.39, 0.29) is 6.42 Å². The van der Waals surface area contributed by atoms with E-state index in [0.717, 1.165) is 0 Å². The average Bonchev–Trinajstić information content (AvgIpc) is 2.33. The van der Waals surface area contributed by atoms with Gasteiger partial charge in [-0.2, -0.15) is 0 Å². The Morgan fingerprint density at radius 2 is 1.35 bits per heavy atom. The van der Waals surface area contributed by atoms with Crippen LogP contribution in [0.15, 0.2) is 0 Å². The summed E-state index contributed by atoms with van der Waals surface area (Å²) in [5, 5.41) is 26.2. The molecule has 0 saturated carbocycles. The van der Waals surface area contributed by atoms with Crippen LogP contribution in [-0.4, -0.2) is 51.1 Å². The first-order chi connectivity index (χ1) is 9.07. The fraction of sp³-hybridized carbons (Fsp3) is 0.636. The van der Waals surface area contributed by atoms with Crippen LogP contribution < -0.4 is 11.5 Å². The largest absolute Gasteiger partial charge is 0.481 e. The second kappa shape index (κ2) is 7.56. The summed E-state index contributed by atoms with van der Waals surface area (Å²) in [6, 6.07) is -2.81. The van der Waals surface area contributed by atoms with Crippen molar-refractivity contribution in [3.05, 3.63) is 0 Å². The molecule has 0 aliphatic carbocycles. The van der Waals surface area contributed by atoms with Gasteiger partial charge in [-0.15, -0.1) is 0 Å². The van der Waals surface area contributed by atoms with Crippen molar-refractivity contribution in [2.45, 2.75) is 31.8 Å². The highest BCUT2D eigenvalue weighted by atomic mass is 16.4. The van der Waals surface area contributed by atoms with Gasteiger partial charge in [0.15, 0.2) is 5.78 Å². The van der Waals surface area contributed by atoms with Crippen molar-refractivity contribution in [2.75, 3.05) is 0 Å². The first kappa shape index (κ1) is 18.0. The quantitative estimate of drug-likeness (QED) is 0.315. The molecule has 7 N–H and O–H groups in total. The van der Waals surface area contributed by atoms with Gasteiger partial charge >= 0.3 is 17.9 Å². The first-order valence-electron chi connectivity index (χ1n) is 5.81. The van der Waals surface area contributed by atoms with Crippen LogP contribution in [0.3, 0.4) is 0 Å². The van der Waals surface area contributed by atoms with Crippen LogP contribution in [0.2, 0.25) is 0 Å². The van der Waals surface area contributed by atoms with Gasteiger partial charge in [0.25, 0.3) is 0 Å². The van der Waals surface area contributed by atoms with E-state index in [2.05, 4.69) is 0 Å². The van der Waals surface area contributed by atoms with Crippen LogP contribution in [0.5, 0.6) is 0 Å². The third kappa shape index (κ3) is 5.33. The number of rotatable bonds is 9. The van der Waals surface area contributed by atoms with E-state index >= 15 is 0 Å². The highest BCUT2D eigenvalue weighted by Crippen LogP contribution is 2.14. The van der Waals surface area contributed by atoms with Gasteiger partial charge in [0.1, 0.15) is 12.0 Å². The molecule has 0 heterocycles. The Morgan fingerprint density at radius 1 is 0.850 bits per heavy atom. The molecule has 0 amide bonds. The van der Waals surface area contributed by atoms with Crippen molar-refractivity contribution in [2.24, 2.45) is 23.3 Å². The third-order valence-corrected chi connectivity index (χ3v) is 2.84. The number of ketones is 1. The van der Waals surface area contributed by atoms with Gasteiger partial charge in [-0.25, -0.2) is 0 Å². The number of aliphatic carboxylic acids is 3. The summed E-state index contributed by atoms with van der Waals surface area (Å²) in [4.78, 5) is 44.1. The van der Waals surface area contributed by atoms with Gasteiger partial charge < -0.3 is 26.8 Å². The number of carbonyl (C=O) groups is 4. The molecule has 0 aromatic rings. The lowest BCUT2D eigenvalue weighted by molar-refractivity contribution is -0.148. The van der Waals surface area contributed by atoms with E-state index in [9.17, 15) is 19.2 Å². The Hall–Kier alpha value is -2.00. The van der Waals surface area contributed by atoms with Crippen molar-refractivity contribution in [1.82, 2.24) is 0 Å². The minimum Gasteiger partial charge on any atom is -0.481 e. The maximum atomic E-state index is 11.9. The molecule has 0 radical (unpaired) electrons. The SMILES string of the molecule is CC(C[C@H](N)C(=O)C(C[C@H](N)C(=O)O)C(=O)O)C(=O)O. The number of carboxylic acid groups (broad SMARTS) is 3. The zero-order valence-corrected chi connectivity index (χ0v) is 10.9. The fourth-order valence-electron chi connectivity index (χ4n) is 1.55. The molecule has 0 aromatic carbocycles. The van der Waals surface area contributed by atoms with Gasteiger partial charge in [-0.1, -0.05) is 6.92 Å². The Morgan fingerprint density at radius 3 is 1.70 bits per heavy atom. The van der Waals surface area contributed by atoms with E-state index in [0.29, 0.717) is 0 Å². The van der Waals surface area contributed by atoms with Gasteiger partial charge in [0.05, 0.1) is 12.0 Å². The first-order valence-corrected chi connectivity index (χ1v) is 5.81. The average molecular weight is 290 g/mol. The number of hydrogen-bond donors (Lipinski definition) is 5. The zero-order chi connectivity index (χ0) is 16.0. The minimum atomic E-state index is -1.67. The summed E-state index contributed by atoms with van der Waals surface area (Å²) in [5.41, 5.74) is 10.7. The summed E-state index contributed by atoms with van der Waals surface area (Å²) in [6.07, 6.45) is -0.834. The van der Waals surface area contributed by atoms with Crippen molar-refractivity contribution >= 4 is 23.7 Å². The second-order valence-electron chi connectivity index (χ2n) is 4.56. The van der Waals surface area contributed by atoms with Gasteiger partial charge in [0, 0.05) is 0 Å². The molecule has 0 saturated heterocycles. The van der Waals surface area contributed by atoms with E-state index in [1.165, 1.54) is 6.92 Å². The molecule has 0 rings (SSSR count). The molecule has 20 heavy (non-hydrogen) atoms. The van der Waals surface area contributed by atoms with Crippen molar-refractivity contribution in [3.63, 3.8) is 0 Å². The lowest BCUT2D eigenvalue weighted by Gasteiger charge is -2.19. The van der Waals surface area contributed by atoms with E-state index in [4.69, 9.17) is 26.8 Å². The Labute approximate surface area is 114 Å². The summed E-state index contributed by atoms with van der Waals surface area (Å²) in [7, 11) is 0. The predicted octanol–water partition coefficient (Wildman–Crippen LogP) is -1.50. The molecule has 0 aliphatic rings. The number of nitrogens with two attached hydrogens (primary N) is 2. The highest BCUT2D eigenvalue weighted by Gasteiger charge is 2.34. The molecular weight excluding hydrogens is 272 g/mol. The smallest absolute Gasteiger partial charge is 0.320 e. The maximum absolute atomic E-state index is 11.9. The van der Waals surface area contributed by atoms with Crippen LogP contribution in [0.1, 0.15) is 19.8 Å². The molecular formula is C11H18N2O7. The van der Waals surface area contributed by atoms with E-state index < -0.39 is 54.0 Å². The van der Waals surface area contributed by atoms with Crippen molar-refractivity contribution in [3.8, 4) is 0 Å². The second-order valence-corrected chi connectivity index (χ2v) is 4.56. The van der Waals surface area contributed by atoms with Gasteiger partial charge in [-0.05, 0) is 12.8 Å². The van der Waals surface area contributed by atoms with Crippen LogP contribution >= 0.6 is 0 Å². The number of carboxylic acids is 3. The number of Topliss-reactive ketones (excluding diaryl/α,β-unsaturated/α-hetero) is 1. The molecule has 0 bridgehead atoms. The van der Waals surface area contributed by atoms with Crippen molar-refractivity contribution in [1.29, 1.82) is 0 Å². The Bertz CT molecular complexity index is 410. The van der Waals surface area contributed by atoms with Crippen LogP contribution in [0.4, 0.5) is 0 Å². The lowest BCUT2D eigenvalue weighted by Crippen LogP contribution is -2.44. The molecule has 2 unspecified atom stereocenters. The van der Waals surface area contributed by atoms with Crippen LogP contribution in [0.25, 0.3) is 0 Å². The van der Waals surface area contributed by atoms with Crippen LogP contribution in [-0.2, 0) is 19.2 Å². The monoisotopic (exact) mass is 290 g/mol. The van der Waals surface area contributed by atoms with Gasteiger partial charge in [0.2, 0.25) is 0 Å².